The zero-order valence-corrected chi connectivity index (χ0v) is 14.1. The van der Waals surface area contributed by atoms with Crippen molar-refractivity contribution < 1.29 is 27.4 Å². The van der Waals surface area contributed by atoms with E-state index in [1.165, 1.54) is 44.7 Å². The zero-order chi connectivity index (χ0) is 17.9. The van der Waals surface area contributed by atoms with E-state index in [0.29, 0.717) is 0 Å². The van der Waals surface area contributed by atoms with Crippen molar-refractivity contribution in [2.45, 2.75) is 11.2 Å². The lowest BCUT2D eigenvalue weighted by Gasteiger charge is -2.16. The monoisotopic (exact) mass is 408 g/mol. The number of hydrogen-bond donors (Lipinski definition) is 0. The van der Waals surface area contributed by atoms with Crippen molar-refractivity contribution in [3.05, 3.63) is 40.8 Å². The number of alkyl halides is 4. The van der Waals surface area contributed by atoms with Crippen LogP contribution in [-0.2, 0) is 0 Å². The third-order valence-electron chi connectivity index (χ3n) is 2.88. The van der Waals surface area contributed by atoms with Gasteiger partial charge in [0.05, 0.1) is 26.1 Å². The van der Waals surface area contributed by atoms with Crippen LogP contribution in [0.4, 0.5) is 13.2 Å². The second-order valence-electron chi connectivity index (χ2n) is 4.44. The molecule has 1 heterocycles. The van der Waals surface area contributed by atoms with E-state index >= 15 is 0 Å². The van der Waals surface area contributed by atoms with Gasteiger partial charge in [0.15, 0.2) is 5.75 Å². The van der Waals surface area contributed by atoms with E-state index in [-0.39, 0.29) is 22.9 Å². The van der Waals surface area contributed by atoms with E-state index in [2.05, 4.69) is 21.0 Å². The largest absolute Gasteiger partial charge is 0.491 e. The molecule has 0 bridgehead atoms. The summed E-state index contributed by atoms with van der Waals surface area (Å²) in [5.74, 6) is -0.0218. The summed E-state index contributed by atoms with van der Waals surface area (Å²) < 4.78 is 53.3. The predicted octanol–water partition coefficient (Wildman–Crippen LogP) is 2.91. The van der Waals surface area contributed by atoms with Crippen LogP contribution in [0.2, 0.25) is 0 Å². The van der Waals surface area contributed by atoms with Crippen molar-refractivity contribution >= 4 is 15.9 Å². The molecule has 130 valence electrons. The Kier molecular flexibility index (Phi) is 5.37. The van der Waals surface area contributed by atoms with Crippen LogP contribution in [0, 0.1) is 0 Å². The first-order valence-electron chi connectivity index (χ1n) is 6.46. The first-order valence-corrected chi connectivity index (χ1v) is 7.37. The van der Waals surface area contributed by atoms with Crippen molar-refractivity contribution in [2.75, 3.05) is 14.2 Å². The Bertz CT molecular complexity index is 779. The molecule has 6 nitrogen and oxygen atoms in total. The molecule has 0 saturated heterocycles. The Hall–Kier alpha value is -2.23. The summed E-state index contributed by atoms with van der Waals surface area (Å²) in [5, 5.41) is 1.74. The lowest BCUT2D eigenvalue weighted by atomic mass is 10.3. The topological polar surface area (TPSA) is 62.6 Å². The van der Waals surface area contributed by atoms with Crippen LogP contribution in [0.5, 0.6) is 17.2 Å². The van der Waals surface area contributed by atoms with Gasteiger partial charge in [0.1, 0.15) is 5.75 Å². The first kappa shape index (κ1) is 18.1. The molecule has 1 aromatic heterocycles. The van der Waals surface area contributed by atoms with Crippen molar-refractivity contribution in [3.8, 4) is 22.9 Å². The number of rotatable bonds is 5. The highest BCUT2D eigenvalue weighted by Gasteiger charge is 2.39. The summed E-state index contributed by atoms with van der Waals surface area (Å²) in [7, 11) is 2.65. The molecule has 0 fully saturated rings. The highest BCUT2D eigenvalue weighted by Crippen LogP contribution is 2.29. The van der Waals surface area contributed by atoms with E-state index in [9.17, 15) is 18.0 Å². The second-order valence-corrected chi connectivity index (χ2v) is 5.27. The van der Waals surface area contributed by atoms with Crippen LogP contribution in [0.3, 0.4) is 0 Å². The molecule has 1 aromatic carbocycles. The fourth-order valence-electron chi connectivity index (χ4n) is 1.81. The van der Waals surface area contributed by atoms with E-state index < -0.39 is 16.7 Å². The van der Waals surface area contributed by atoms with Crippen molar-refractivity contribution in [1.82, 2.24) is 9.78 Å². The molecule has 2 aromatic rings. The Labute approximate surface area is 142 Å². The van der Waals surface area contributed by atoms with Gasteiger partial charge >= 0.3 is 11.7 Å². The summed E-state index contributed by atoms with van der Waals surface area (Å²) in [6.07, 6.45) is -3.31. The molecule has 1 atom stereocenters. The molecule has 24 heavy (non-hydrogen) atoms. The number of halogens is 4. The molecule has 0 N–H and O–H groups in total. The Morgan fingerprint density at radius 3 is 2.54 bits per heavy atom. The third-order valence-corrected chi connectivity index (χ3v) is 3.59. The molecule has 0 aliphatic heterocycles. The average Bonchev–Trinajstić information content (AvgIpc) is 2.53. The predicted molar refractivity (Wildman–Crippen MR) is 82.3 cm³/mol. The van der Waals surface area contributed by atoms with Crippen LogP contribution < -0.4 is 19.8 Å². The smallest absolute Gasteiger partial charge is 0.435 e. The highest BCUT2D eigenvalue weighted by molar-refractivity contribution is 9.09. The standard InChI is InChI=1S/C14H12BrF3N2O4/c1-22-10-7-19-20(12(21)11(10)23-2)8-4-3-5-9(6-8)24-13(15)14(16,17)18/h3-7,13H,1-2H3. The summed E-state index contributed by atoms with van der Waals surface area (Å²) in [6, 6.07) is 5.51. The number of ether oxygens (including phenoxy) is 3. The number of nitrogens with zero attached hydrogens (tertiary/aromatic N) is 2. The van der Waals surface area contributed by atoms with Crippen LogP contribution in [0.1, 0.15) is 0 Å². The zero-order valence-electron chi connectivity index (χ0n) is 12.5. The molecule has 0 aliphatic carbocycles. The maximum Gasteiger partial charge on any atom is 0.435 e. The van der Waals surface area contributed by atoms with Crippen molar-refractivity contribution in [3.63, 3.8) is 0 Å². The number of benzene rings is 1. The SMILES string of the molecule is COc1cnn(-c2cccc(OC(Br)C(F)(F)F)c2)c(=O)c1OC. The Morgan fingerprint density at radius 2 is 1.96 bits per heavy atom. The van der Waals surface area contributed by atoms with Gasteiger partial charge < -0.3 is 14.2 Å². The van der Waals surface area contributed by atoms with Gasteiger partial charge in [-0.2, -0.15) is 23.0 Å². The van der Waals surface area contributed by atoms with Crippen molar-refractivity contribution in [1.29, 1.82) is 0 Å². The lowest BCUT2D eigenvalue weighted by Crippen LogP contribution is -2.28. The minimum atomic E-state index is -4.57. The van der Waals surface area contributed by atoms with Crippen LogP contribution in [0.25, 0.3) is 5.69 Å². The molecular weight excluding hydrogens is 397 g/mol. The summed E-state index contributed by atoms with van der Waals surface area (Å²) in [4.78, 5) is 12.3. The molecule has 0 spiro atoms. The molecule has 0 saturated carbocycles. The lowest BCUT2D eigenvalue weighted by molar-refractivity contribution is -0.164. The Balaban J connectivity index is 2.41. The van der Waals surface area contributed by atoms with Gasteiger partial charge in [-0.15, -0.1) is 0 Å². The van der Waals surface area contributed by atoms with E-state index in [0.717, 1.165) is 4.68 Å². The van der Waals surface area contributed by atoms with Gasteiger partial charge in [-0.1, -0.05) is 6.07 Å². The van der Waals surface area contributed by atoms with Gasteiger partial charge in [0.25, 0.3) is 0 Å². The van der Waals surface area contributed by atoms with Gasteiger partial charge in [-0.25, -0.2) is 0 Å². The first-order chi connectivity index (χ1) is 11.3. The maximum absolute atomic E-state index is 12.5. The Morgan fingerprint density at radius 1 is 1.25 bits per heavy atom. The fourth-order valence-corrected chi connectivity index (χ4v) is 2.03. The minimum Gasteiger partial charge on any atom is -0.491 e. The third kappa shape index (κ3) is 3.81. The number of methoxy groups -OCH3 is 2. The summed E-state index contributed by atoms with van der Waals surface area (Å²) in [6.45, 7) is 0. The molecule has 0 aliphatic rings. The van der Waals surface area contributed by atoms with E-state index in [1.54, 1.807) is 0 Å². The average molecular weight is 409 g/mol. The molecule has 0 radical (unpaired) electrons. The van der Waals surface area contributed by atoms with Crippen LogP contribution >= 0.6 is 15.9 Å². The van der Waals surface area contributed by atoms with Gasteiger partial charge in [-0.05, 0) is 28.1 Å². The van der Waals surface area contributed by atoms with Gasteiger partial charge in [0, 0.05) is 6.07 Å². The van der Waals surface area contributed by atoms with E-state index in [1.807, 2.05) is 0 Å². The normalized spacial score (nSPS) is 12.6. The summed E-state index contributed by atoms with van der Waals surface area (Å²) >= 11 is 2.40. The molecular formula is C14H12BrF3N2O4. The minimum absolute atomic E-state index is 0.0764. The summed E-state index contributed by atoms with van der Waals surface area (Å²) in [5.41, 5.74) is -0.416. The quantitative estimate of drug-likeness (QED) is 0.711. The van der Waals surface area contributed by atoms with Crippen LogP contribution in [-0.4, -0.2) is 35.2 Å². The molecule has 1 unspecified atom stereocenters. The fraction of sp³-hybridized carbons (Fsp3) is 0.286. The highest BCUT2D eigenvalue weighted by atomic mass is 79.9. The number of aromatic nitrogens is 2. The van der Waals surface area contributed by atoms with Crippen molar-refractivity contribution in [2.24, 2.45) is 0 Å². The second kappa shape index (κ2) is 7.12. The number of hydrogen-bond acceptors (Lipinski definition) is 5. The van der Waals surface area contributed by atoms with Gasteiger partial charge in [-0.3, -0.25) is 4.79 Å². The van der Waals surface area contributed by atoms with E-state index in [4.69, 9.17) is 14.2 Å². The maximum atomic E-state index is 12.5. The molecule has 10 heteroatoms. The van der Waals surface area contributed by atoms with Gasteiger partial charge in [0.2, 0.25) is 10.8 Å². The van der Waals surface area contributed by atoms with Crippen LogP contribution in [0.15, 0.2) is 35.3 Å². The molecule has 2 rings (SSSR count). The molecule has 0 amide bonds.